The molecule has 0 fully saturated rings. The van der Waals surface area contributed by atoms with Crippen LogP contribution in [0.4, 0.5) is 5.82 Å². The Hall–Kier alpha value is -3.47. The number of nitrogen functional groups attached to an aromatic ring is 1. The van der Waals surface area contributed by atoms with E-state index < -0.39 is 5.97 Å². The lowest BCUT2D eigenvalue weighted by molar-refractivity contribution is 0.0697. The lowest BCUT2D eigenvalue weighted by atomic mass is 9.93. The molecule has 4 aromatic rings. The SMILES string of the molecule is Cc1ccc(CC(C)c2cnc3c(N)nc4cc(C(=O)O)ccc4c3c2)cc1. The molecule has 4 rings (SSSR count). The van der Waals surface area contributed by atoms with E-state index in [0.29, 0.717) is 16.9 Å². The number of aromatic carboxylic acids is 1. The smallest absolute Gasteiger partial charge is 0.335 e. The second kappa shape index (κ2) is 6.93. The first-order chi connectivity index (χ1) is 13.4. The number of carboxylic acid groups (broad SMARTS) is 1. The van der Waals surface area contributed by atoms with E-state index >= 15 is 0 Å². The van der Waals surface area contributed by atoms with Crippen LogP contribution < -0.4 is 5.73 Å². The molecule has 0 amide bonds. The summed E-state index contributed by atoms with van der Waals surface area (Å²) >= 11 is 0. The van der Waals surface area contributed by atoms with Crippen molar-refractivity contribution in [1.29, 1.82) is 0 Å². The number of hydrogen-bond acceptors (Lipinski definition) is 4. The molecule has 140 valence electrons. The van der Waals surface area contributed by atoms with Crippen LogP contribution in [0.15, 0.2) is 54.7 Å². The second-order valence-electron chi connectivity index (χ2n) is 7.29. The Bertz CT molecular complexity index is 1200. The molecule has 0 saturated carbocycles. The Balaban J connectivity index is 1.79. The third kappa shape index (κ3) is 3.27. The van der Waals surface area contributed by atoms with Gasteiger partial charge in [0.15, 0.2) is 5.82 Å². The fraction of sp³-hybridized carbons (Fsp3) is 0.174. The Morgan fingerprint density at radius 2 is 1.86 bits per heavy atom. The highest BCUT2D eigenvalue weighted by Gasteiger charge is 2.14. The number of hydrogen-bond donors (Lipinski definition) is 2. The molecule has 0 aliphatic carbocycles. The number of carbonyl (C=O) groups is 1. The quantitative estimate of drug-likeness (QED) is 0.507. The van der Waals surface area contributed by atoms with Gasteiger partial charge in [-0.05, 0) is 48.6 Å². The molecule has 2 aromatic carbocycles. The molecule has 0 aliphatic heterocycles. The summed E-state index contributed by atoms with van der Waals surface area (Å²) in [6, 6.07) is 15.6. The van der Waals surface area contributed by atoms with E-state index in [9.17, 15) is 9.90 Å². The van der Waals surface area contributed by atoms with Crippen molar-refractivity contribution in [2.45, 2.75) is 26.2 Å². The molecule has 5 nitrogen and oxygen atoms in total. The normalized spacial score (nSPS) is 12.4. The van der Waals surface area contributed by atoms with Gasteiger partial charge in [0.05, 0.1) is 11.1 Å². The average Bonchev–Trinajstić information content (AvgIpc) is 2.69. The highest BCUT2D eigenvalue weighted by Crippen LogP contribution is 2.30. The van der Waals surface area contributed by atoms with Crippen molar-refractivity contribution in [2.24, 2.45) is 0 Å². The van der Waals surface area contributed by atoms with Crippen molar-refractivity contribution in [3.8, 4) is 0 Å². The van der Waals surface area contributed by atoms with Crippen molar-refractivity contribution in [1.82, 2.24) is 9.97 Å². The third-order valence-electron chi connectivity index (χ3n) is 5.16. The summed E-state index contributed by atoms with van der Waals surface area (Å²) in [5.74, 6) is -0.397. The zero-order valence-corrected chi connectivity index (χ0v) is 15.8. The third-order valence-corrected chi connectivity index (χ3v) is 5.16. The van der Waals surface area contributed by atoms with Crippen molar-refractivity contribution >= 4 is 33.6 Å². The van der Waals surface area contributed by atoms with Crippen LogP contribution in [0.5, 0.6) is 0 Å². The standard InChI is InChI=1S/C23H21N3O2/c1-13-3-5-15(6-4-13)9-14(2)17-10-19-18-8-7-16(23(27)28)11-20(18)26-22(24)21(19)25-12-17/h3-8,10-12,14H,9H2,1-2H3,(H2,24,26)(H,27,28). The molecule has 0 spiro atoms. The van der Waals surface area contributed by atoms with Gasteiger partial charge in [-0.2, -0.15) is 0 Å². The molecule has 2 heterocycles. The number of nitrogens with two attached hydrogens (primary N) is 1. The number of aromatic nitrogens is 2. The van der Waals surface area contributed by atoms with Crippen LogP contribution in [0.2, 0.25) is 0 Å². The topological polar surface area (TPSA) is 89.1 Å². The fourth-order valence-electron chi connectivity index (χ4n) is 3.52. The van der Waals surface area contributed by atoms with Crippen LogP contribution in [0, 0.1) is 6.92 Å². The average molecular weight is 371 g/mol. The first kappa shape index (κ1) is 17.9. The summed E-state index contributed by atoms with van der Waals surface area (Å²) in [7, 11) is 0. The predicted molar refractivity (Wildman–Crippen MR) is 112 cm³/mol. The van der Waals surface area contributed by atoms with E-state index in [2.05, 4.69) is 54.1 Å². The summed E-state index contributed by atoms with van der Waals surface area (Å²) in [4.78, 5) is 20.2. The molecule has 0 bridgehead atoms. The maximum atomic E-state index is 11.3. The molecule has 1 atom stereocenters. The zero-order valence-electron chi connectivity index (χ0n) is 15.8. The minimum atomic E-state index is -0.985. The highest BCUT2D eigenvalue weighted by molar-refractivity contribution is 6.09. The van der Waals surface area contributed by atoms with Gasteiger partial charge in [0.2, 0.25) is 0 Å². The first-order valence-electron chi connectivity index (χ1n) is 9.20. The maximum Gasteiger partial charge on any atom is 0.335 e. The lowest BCUT2D eigenvalue weighted by Gasteiger charge is -2.14. The second-order valence-corrected chi connectivity index (χ2v) is 7.29. The van der Waals surface area contributed by atoms with E-state index in [1.165, 1.54) is 11.1 Å². The zero-order chi connectivity index (χ0) is 19.8. The van der Waals surface area contributed by atoms with E-state index in [1.807, 2.05) is 6.20 Å². The summed E-state index contributed by atoms with van der Waals surface area (Å²) < 4.78 is 0. The van der Waals surface area contributed by atoms with Crippen LogP contribution >= 0.6 is 0 Å². The van der Waals surface area contributed by atoms with E-state index in [-0.39, 0.29) is 11.5 Å². The minimum Gasteiger partial charge on any atom is -0.478 e. The number of fused-ring (bicyclic) bond motifs is 3. The molecular formula is C23H21N3O2. The van der Waals surface area contributed by atoms with Gasteiger partial charge < -0.3 is 10.8 Å². The van der Waals surface area contributed by atoms with Gasteiger partial charge in [-0.3, -0.25) is 4.98 Å². The molecular weight excluding hydrogens is 350 g/mol. The minimum absolute atomic E-state index is 0.190. The maximum absolute atomic E-state index is 11.3. The lowest BCUT2D eigenvalue weighted by Crippen LogP contribution is -2.02. The molecule has 1 unspecified atom stereocenters. The fourth-order valence-corrected chi connectivity index (χ4v) is 3.52. The number of carboxylic acids is 1. The largest absolute Gasteiger partial charge is 0.478 e. The van der Waals surface area contributed by atoms with Crippen molar-refractivity contribution in [2.75, 3.05) is 5.73 Å². The van der Waals surface area contributed by atoms with Gasteiger partial charge in [0.1, 0.15) is 5.52 Å². The van der Waals surface area contributed by atoms with E-state index in [0.717, 1.165) is 22.8 Å². The van der Waals surface area contributed by atoms with Crippen LogP contribution in [-0.2, 0) is 6.42 Å². The molecule has 2 aromatic heterocycles. The van der Waals surface area contributed by atoms with Crippen LogP contribution in [0.1, 0.15) is 39.9 Å². The Morgan fingerprint density at radius 3 is 2.57 bits per heavy atom. The summed E-state index contributed by atoms with van der Waals surface area (Å²) in [6.07, 6.45) is 2.77. The number of pyridine rings is 2. The van der Waals surface area contributed by atoms with Gasteiger partial charge >= 0.3 is 5.97 Å². The van der Waals surface area contributed by atoms with Gasteiger partial charge in [-0.25, -0.2) is 9.78 Å². The predicted octanol–water partition coefficient (Wildman–Crippen LogP) is 4.72. The van der Waals surface area contributed by atoms with Gasteiger partial charge in [0, 0.05) is 17.0 Å². The van der Waals surface area contributed by atoms with Crippen molar-refractivity contribution in [3.05, 3.63) is 77.0 Å². The van der Waals surface area contributed by atoms with Gasteiger partial charge in [0.25, 0.3) is 0 Å². The molecule has 0 radical (unpaired) electrons. The van der Waals surface area contributed by atoms with Gasteiger partial charge in [-0.1, -0.05) is 42.8 Å². The van der Waals surface area contributed by atoms with Crippen molar-refractivity contribution < 1.29 is 9.90 Å². The molecule has 3 N–H and O–H groups in total. The summed E-state index contributed by atoms with van der Waals surface area (Å²) in [6.45, 7) is 4.26. The Labute approximate surface area is 162 Å². The number of aryl methyl sites for hydroxylation is 1. The van der Waals surface area contributed by atoms with Crippen LogP contribution in [0.25, 0.3) is 21.8 Å². The Morgan fingerprint density at radius 1 is 1.11 bits per heavy atom. The number of benzene rings is 2. The molecule has 0 saturated heterocycles. The number of anilines is 1. The Kier molecular flexibility index (Phi) is 4.43. The molecule has 0 aliphatic rings. The van der Waals surface area contributed by atoms with Crippen molar-refractivity contribution in [3.63, 3.8) is 0 Å². The van der Waals surface area contributed by atoms with E-state index in [1.54, 1.807) is 18.2 Å². The van der Waals surface area contributed by atoms with E-state index in [4.69, 9.17) is 5.73 Å². The summed E-state index contributed by atoms with van der Waals surface area (Å²) in [5.41, 5.74) is 11.1. The van der Waals surface area contributed by atoms with Crippen LogP contribution in [-0.4, -0.2) is 21.0 Å². The van der Waals surface area contributed by atoms with Crippen LogP contribution in [0.3, 0.4) is 0 Å². The molecule has 28 heavy (non-hydrogen) atoms. The summed E-state index contributed by atoms with van der Waals surface area (Å²) in [5, 5.41) is 11.0. The monoisotopic (exact) mass is 371 g/mol. The highest BCUT2D eigenvalue weighted by atomic mass is 16.4. The first-order valence-corrected chi connectivity index (χ1v) is 9.20. The van der Waals surface area contributed by atoms with Gasteiger partial charge in [-0.15, -0.1) is 0 Å². The number of rotatable bonds is 4. The molecule has 5 heteroatoms. The number of nitrogens with zero attached hydrogens (tertiary/aromatic N) is 2.